The van der Waals surface area contributed by atoms with Gasteiger partial charge in [-0.15, -0.1) is 0 Å². The zero-order valence-electron chi connectivity index (χ0n) is 9.74. The first-order valence-electron chi connectivity index (χ1n) is 6.06. The van der Waals surface area contributed by atoms with Gasteiger partial charge >= 0.3 is 0 Å². The smallest absolute Gasteiger partial charge is 0.0994 e. The third-order valence-corrected chi connectivity index (χ3v) is 3.32. The van der Waals surface area contributed by atoms with E-state index in [1.165, 1.54) is 24.8 Å². The molecule has 1 aromatic rings. The minimum atomic E-state index is 0.619. The van der Waals surface area contributed by atoms with Crippen molar-refractivity contribution in [1.82, 2.24) is 0 Å². The van der Waals surface area contributed by atoms with Gasteiger partial charge in [0.25, 0.3) is 0 Å². The van der Waals surface area contributed by atoms with Crippen molar-refractivity contribution in [3.05, 3.63) is 41.5 Å². The first kappa shape index (κ1) is 11.0. The van der Waals surface area contributed by atoms with Crippen LogP contribution in [0.4, 0.5) is 0 Å². The van der Waals surface area contributed by atoms with Gasteiger partial charge in [-0.3, -0.25) is 0 Å². The lowest BCUT2D eigenvalue weighted by molar-refractivity contribution is 0.585. The monoisotopic (exact) mass is 211 g/mol. The molecule has 1 aromatic carbocycles. The Kier molecular flexibility index (Phi) is 3.41. The van der Waals surface area contributed by atoms with Crippen LogP contribution in [-0.4, -0.2) is 0 Å². The fourth-order valence-corrected chi connectivity index (χ4v) is 2.43. The van der Waals surface area contributed by atoms with E-state index in [1.54, 1.807) is 0 Å². The Bertz CT molecular complexity index is 437. The molecule has 0 aromatic heterocycles. The van der Waals surface area contributed by atoms with E-state index < -0.39 is 0 Å². The quantitative estimate of drug-likeness (QED) is 0.732. The number of fused-ring (bicyclic) bond motifs is 1. The van der Waals surface area contributed by atoms with Gasteiger partial charge in [0, 0.05) is 0 Å². The molecule has 1 heteroatoms. The molecule has 1 aliphatic rings. The lowest BCUT2D eigenvalue weighted by Crippen LogP contribution is -2.06. The SMILES string of the molecule is CCCCC1CC=C(C#N)c2ccccc21. The molecule has 1 aliphatic carbocycles. The predicted molar refractivity (Wildman–Crippen MR) is 66.9 cm³/mol. The van der Waals surface area contributed by atoms with Crippen molar-refractivity contribution in [3.63, 3.8) is 0 Å². The zero-order chi connectivity index (χ0) is 11.4. The summed E-state index contributed by atoms with van der Waals surface area (Å²) in [5, 5.41) is 9.08. The highest BCUT2D eigenvalue weighted by atomic mass is 14.3. The highest BCUT2D eigenvalue weighted by molar-refractivity contribution is 5.80. The Balaban J connectivity index is 2.31. The van der Waals surface area contributed by atoms with Gasteiger partial charge < -0.3 is 0 Å². The van der Waals surface area contributed by atoms with Gasteiger partial charge in [0.2, 0.25) is 0 Å². The van der Waals surface area contributed by atoms with Crippen LogP contribution in [-0.2, 0) is 0 Å². The second kappa shape index (κ2) is 4.99. The van der Waals surface area contributed by atoms with Crippen molar-refractivity contribution < 1.29 is 0 Å². The number of unbranched alkanes of at least 4 members (excludes halogenated alkanes) is 1. The molecule has 82 valence electrons. The van der Waals surface area contributed by atoms with Crippen molar-refractivity contribution >= 4 is 5.57 Å². The number of nitriles is 1. The number of nitrogens with zero attached hydrogens (tertiary/aromatic N) is 1. The minimum Gasteiger partial charge on any atom is -0.192 e. The van der Waals surface area contributed by atoms with Crippen LogP contribution in [0.25, 0.3) is 5.57 Å². The summed E-state index contributed by atoms with van der Waals surface area (Å²) in [6.45, 7) is 2.23. The molecule has 0 fully saturated rings. The maximum atomic E-state index is 9.08. The molecular weight excluding hydrogens is 194 g/mol. The summed E-state index contributed by atoms with van der Waals surface area (Å²) >= 11 is 0. The lowest BCUT2D eigenvalue weighted by Gasteiger charge is -2.23. The molecule has 1 unspecified atom stereocenters. The van der Waals surface area contributed by atoms with Crippen molar-refractivity contribution in [1.29, 1.82) is 5.26 Å². The first-order valence-corrected chi connectivity index (χ1v) is 6.06. The highest BCUT2D eigenvalue weighted by Gasteiger charge is 2.20. The van der Waals surface area contributed by atoms with E-state index in [-0.39, 0.29) is 0 Å². The van der Waals surface area contributed by atoms with Crippen LogP contribution in [0, 0.1) is 11.3 Å². The van der Waals surface area contributed by atoms with Crippen LogP contribution in [0.2, 0.25) is 0 Å². The van der Waals surface area contributed by atoms with Gasteiger partial charge in [0.05, 0.1) is 11.6 Å². The predicted octanol–water partition coefficient (Wildman–Crippen LogP) is 4.27. The first-order chi connectivity index (χ1) is 7.86. The summed E-state index contributed by atoms with van der Waals surface area (Å²) in [4.78, 5) is 0. The molecule has 0 amide bonds. The van der Waals surface area contributed by atoms with Crippen LogP contribution in [0.3, 0.4) is 0 Å². The van der Waals surface area contributed by atoms with Crippen LogP contribution in [0.15, 0.2) is 30.3 Å². The van der Waals surface area contributed by atoms with Gasteiger partial charge in [-0.1, -0.05) is 50.1 Å². The Morgan fingerprint density at radius 2 is 2.19 bits per heavy atom. The van der Waals surface area contributed by atoms with Crippen LogP contribution in [0.1, 0.15) is 49.7 Å². The van der Waals surface area contributed by atoms with E-state index in [9.17, 15) is 0 Å². The topological polar surface area (TPSA) is 23.8 Å². The molecule has 1 atom stereocenters. The molecule has 0 bridgehead atoms. The van der Waals surface area contributed by atoms with E-state index >= 15 is 0 Å². The molecule has 1 nitrogen and oxygen atoms in total. The molecule has 0 aliphatic heterocycles. The summed E-state index contributed by atoms with van der Waals surface area (Å²) in [6, 6.07) is 10.7. The van der Waals surface area contributed by atoms with Gasteiger partial charge in [0.1, 0.15) is 0 Å². The van der Waals surface area contributed by atoms with E-state index in [0.29, 0.717) is 5.92 Å². The van der Waals surface area contributed by atoms with Crippen molar-refractivity contribution in [2.75, 3.05) is 0 Å². The third kappa shape index (κ3) is 2.02. The van der Waals surface area contributed by atoms with Crippen molar-refractivity contribution in [3.8, 4) is 6.07 Å². The minimum absolute atomic E-state index is 0.619. The van der Waals surface area contributed by atoms with Crippen LogP contribution < -0.4 is 0 Å². The van der Waals surface area contributed by atoms with Crippen LogP contribution >= 0.6 is 0 Å². The Morgan fingerprint density at radius 3 is 2.94 bits per heavy atom. The van der Waals surface area contributed by atoms with E-state index in [0.717, 1.165) is 17.6 Å². The standard InChI is InChI=1S/C15H17N/c1-2-3-6-12-9-10-13(11-16)15-8-5-4-7-14(12)15/h4-5,7-8,10,12H,2-3,6,9H2,1H3. The summed E-state index contributed by atoms with van der Waals surface area (Å²) in [7, 11) is 0. The normalized spacial score (nSPS) is 18.5. The van der Waals surface area contributed by atoms with Gasteiger partial charge in [-0.05, 0) is 29.9 Å². The molecular formula is C15H17N. The number of allylic oxidation sites excluding steroid dienone is 2. The summed E-state index contributed by atoms with van der Waals surface area (Å²) in [5.41, 5.74) is 3.37. The average Bonchev–Trinajstić information content (AvgIpc) is 2.36. The fraction of sp³-hybridized carbons (Fsp3) is 0.400. The summed E-state index contributed by atoms with van der Waals surface area (Å²) < 4.78 is 0. The van der Waals surface area contributed by atoms with Crippen molar-refractivity contribution in [2.45, 2.75) is 38.5 Å². The fourth-order valence-electron chi connectivity index (χ4n) is 2.43. The molecule has 0 saturated heterocycles. The molecule has 0 saturated carbocycles. The summed E-state index contributed by atoms with van der Waals surface area (Å²) in [6.07, 6.45) is 6.88. The molecule has 0 radical (unpaired) electrons. The second-order valence-corrected chi connectivity index (χ2v) is 4.39. The Labute approximate surface area is 97.4 Å². The van der Waals surface area contributed by atoms with E-state index in [2.05, 4.69) is 37.3 Å². The van der Waals surface area contributed by atoms with E-state index in [4.69, 9.17) is 5.26 Å². The molecule has 0 spiro atoms. The number of hydrogen-bond donors (Lipinski definition) is 0. The second-order valence-electron chi connectivity index (χ2n) is 4.39. The van der Waals surface area contributed by atoms with E-state index in [1.807, 2.05) is 6.07 Å². The number of rotatable bonds is 3. The molecule has 16 heavy (non-hydrogen) atoms. The molecule has 0 N–H and O–H groups in total. The average molecular weight is 211 g/mol. The number of benzene rings is 1. The van der Waals surface area contributed by atoms with Gasteiger partial charge in [-0.2, -0.15) is 5.26 Å². The maximum absolute atomic E-state index is 9.08. The Hall–Kier alpha value is -1.55. The lowest BCUT2D eigenvalue weighted by atomic mass is 9.81. The molecule has 2 rings (SSSR count). The maximum Gasteiger partial charge on any atom is 0.0994 e. The largest absolute Gasteiger partial charge is 0.192 e. The van der Waals surface area contributed by atoms with Gasteiger partial charge in [-0.25, -0.2) is 0 Å². The zero-order valence-corrected chi connectivity index (χ0v) is 9.74. The molecule has 0 heterocycles. The van der Waals surface area contributed by atoms with Crippen LogP contribution in [0.5, 0.6) is 0 Å². The van der Waals surface area contributed by atoms with Crippen molar-refractivity contribution in [2.24, 2.45) is 0 Å². The van der Waals surface area contributed by atoms with Gasteiger partial charge in [0.15, 0.2) is 0 Å². The highest BCUT2D eigenvalue weighted by Crippen LogP contribution is 2.36. The summed E-state index contributed by atoms with van der Waals surface area (Å²) in [5.74, 6) is 0.619. The Morgan fingerprint density at radius 1 is 1.38 bits per heavy atom. The third-order valence-electron chi connectivity index (χ3n) is 3.32. The number of hydrogen-bond acceptors (Lipinski definition) is 1.